The third kappa shape index (κ3) is 9.57. The number of ether oxygens (including phenoxy) is 1. The van der Waals surface area contributed by atoms with E-state index in [2.05, 4.69) is 57.6 Å². The van der Waals surface area contributed by atoms with Gasteiger partial charge in [0.25, 0.3) is 0 Å². The molecule has 0 aliphatic carbocycles. The first kappa shape index (κ1) is 29.3. The number of H-pyrrole nitrogens is 1. The number of hydrogen-bond acceptors (Lipinski definition) is 7. The molecule has 1 amide bonds. The lowest BCUT2D eigenvalue weighted by molar-refractivity contribution is 0.0636. The number of aromatic nitrogens is 2. The molecule has 1 fully saturated rings. The summed E-state index contributed by atoms with van der Waals surface area (Å²) >= 11 is 1.61. The topological polar surface area (TPSA) is 97.9 Å². The maximum atomic E-state index is 12.1. The second-order valence-electron chi connectivity index (χ2n) is 10.7. The molecule has 2 aromatic rings. The van der Waals surface area contributed by atoms with Gasteiger partial charge >= 0.3 is 6.09 Å². The predicted molar refractivity (Wildman–Crippen MR) is 158 cm³/mol. The van der Waals surface area contributed by atoms with Gasteiger partial charge in [0, 0.05) is 54.2 Å². The van der Waals surface area contributed by atoms with Gasteiger partial charge < -0.3 is 19.9 Å². The van der Waals surface area contributed by atoms with E-state index >= 15 is 0 Å². The number of amides is 1. The number of benzene rings is 1. The molecule has 0 unspecified atom stereocenters. The maximum absolute atomic E-state index is 12.1. The van der Waals surface area contributed by atoms with Crippen LogP contribution >= 0.6 is 11.8 Å². The lowest BCUT2D eigenvalue weighted by Crippen LogP contribution is -2.46. The van der Waals surface area contributed by atoms with Crippen LogP contribution in [0.1, 0.15) is 47.2 Å². The van der Waals surface area contributed by atoms with E-state index in [-0.39, 0.29) is 0 Å². The molecule has 1 saturated heterocycles. The van der Waals surface area contributed by atoms with E-state index in [1.807, 2.05) is 65.0 Å². The third-order valence-electron chi connectivity index (χ3n) is 5.56. The number of thioether (sulfide) groups is 1. The number of carbonyl (C=O) groups is 1. The van der Waals surface area contributed by atoms with Crippen molar-refractivity contribution in [2.24, 2.45) is 4.99 Å². The van der Waals surface area contributed by atoms with Gasteiger partial charge in [-0.25, -0.2) is 9.79 Å². The molecule has 2 heterocycles. The highest BCUT2D eigenvalue weighted by Crippen LogP contribution is 2.31. The first-order valence-corrected chi connectivity index (χ1v) is 13.6. The first-order valence-electron chi connectivity index (χ1n) is 12.8. The lowest BCUT2D eigenvalue weighted by Gasteiger charge is -2.34. The number of rotatable bonds is 7. The Hall–Kier alpha value is -3.24. The zero-order valence-electron chi connectivity index (χ0n) is 23.8. The van der Waals surface area contributed by atoms with Crippen molar-refractivity contribution >= 4 is 35.2 Å². The van der Waals surface area contributed by atoms with Gasteiger partial charge in [-0.3, -0.25) is 10.4 Å². The number of amidine groups is 1. The number of likely N-dealkylation sites (N-methyl/N-ethyl adjacent to an activating group) is 1. The number of aryl methyl sites for hydroxylation is 1. The van der Waals surface area contributed by atoms with E-state index in [0.717, 1.165) is 64.7 Å². The lowest BCUT2D eigenvalue weighted by atomic mass is 10.2. The Kier molecular flexibility index (Phi) is 10.0. The number of allylic oxidation sites excluding steroid dienone is 2. The fourth-order valence-corrected chi connectivity index (χ4v) is 4.46. The number of nitrogens with one attached hydrogen (secondary N) is 3. The average molecular weight is 540 g/mol. The highest BCUT2D eigenvalue weighted by Gasteiger charge is 2.18. The second-order valence-corrected chi connectivity index (χ2v) is 11.8. The zero-order chi connectivity index (χ0) is 27.9. The zero-order valence-corrected chi connectivity index (χ0v) is 24.6. The maximum Gasteiger partial charge on any atom is 0.412 e. The summed E-state index contributed by atoms with van der Waals surface area (Å²) in [7, 11) is 2.15. The second kappa shape index (κ2) is 13.0. The van der Waals surface area contributed by atoms with Crippen LogP contribution < -0.4 is 10.6 Å². The monoisotopic (exact) mass is 539 g/mol. The Balaban J connectivity index is 1.80. The third-order valence-corrected chi connectivity index (χ3v) is 6.76. The predicted octanol–water partition coefficient (Wildman–Crippen LogP) is 6.07. The van der Waals surface area contributed by atoms with Crippen molar-refractivity contribution in [3.8, 4) is 0 Å². The van der Waals surface area contributed by atoms with Crippen LogP contribution in [0.2, 0.25) is 0 Å². The van der Waals surface area contributed by atoms with Crippen LogP contribution in [0, 0.1) is 6.92 Å². The Morgan fingerprint density at radius 3 is 2.32 bits per heavy atom. The molecular formula is C28H41N7O2S. The van der Waals surface area contributed by atoms with Crippen molar-refractivity contribution in [1.29, 1.82) is 0 Å². The molecule has 0 atom stereocenters. The van der Waals surface area contributed by atoms with Crippen molar-refractivity contribution in [2.45, 2.75) is 59.0 Å². The number of aliphatic imine (C=N–C) groups is 1. The number of hydrogen-bond donors (Lipinski definition) is 3. The summed E-state index contributed by atoms with van der Waals surface area (Å²) in [6.45, 7) is 17.5. The van der Waals surface area contributed by atoms with Gasteiger partial charge in [0.2, 0.25) is 0 Å². The normalized spacial score (nSPS) is 15.3. The largest absolute Gasteiger partial charge is 0.444 e. The molecular weight excluding hydrogens is 498 g/mol. The van der Waals surface area contributed by atoms with Crippen molar-refractivity contribution in [2.75, 3.05) is 43.9 Å². The standard InChI is InChI=1S/C28H41N7O2S/c1-19(2)26(38-23-11-9-22(10-12-23)30-27(36)37-28(5,6)7)31-25(35-15-13-34(8)14-16-35)18-20(3)29-24-17-21(4)32-33-24/h9-12,17-18H,13-16H2,1-8H3,(H,30,36)(H2,29,32,33)/b20-18+,31-25+. The van der Waals surface area contributed by atoms with Gasteiger partial charge in [0.1, 0.15) is 16.5 Å². The fourth-order valence-electron chi connectivity index (χ4n) is 3.62. The van der Waals surface area contributed by atoms with E-state index in [1.54, 1.807) is 11.8 Å². The minimum atomic E-state index is -0.545. The molecule has 38 heavy (non-hydrogen) atoms. The number of carbonyl (C=O) groups excluding carboxylic acids is 1. The van der Waals surface area contributed by atoms with Crippen LogP contribution in [0.5, 0.6) is 0 Å². The molecule has 1 aliphatic heterocycles. The average Bonchev–Trinajstić information content (AvgIpc) is 3.22. The summed E-state index contributed by atoms with van der Waals surface area (Å²) in [4.78, 5) is 22.9. The van der Waals surface area contributed by atoms with Crippen LogP contribution in [0.4, 0.5) is 16.3 Å². The molecule has 1 aromatic carbocycles. The van der Waals surface area contributed by atoms with Crippen molar-refractivity contribution in [3.63, 3.8) is 0 Å². The van der Waals surface area contributed by atoms with E-state index in [4.69, 9.17) is 9.73 Å². The molecule has 0 saturated carbocycles. The van der Waals surface area contributed by atoms with Crippen LogP contribution in [-0.4, -0.2) is 70.8 Å². The van der Waals surface area contributed by atoms with Gasteiger partial charge in [0.05, 0.1) is 0 Å². The number of nitrogens with zero attached hydrogens (tertiary/aromatic N) is 4. The van der Waals surface area contributed by atoms with Crippen LogP contribution in [0.3, 0.4) is 0 Å². The Morgan fingerprint density at radius 2 is 1.76 bits per heavy atom. The van der Waals surface area contributed by atoms with Crippen LogP contribution in [0.15, 0.2) is 62.6 Å². The minimum absolute atomic E-state index is 0.468. The quantitative estimate of drug-likeness (QED) is 0.223. The van der Waals surface area contributed by atoms with Crippen molar-refractivity contribution < 1.29 is 9.53 Å². The molecule has 1 aliphatic rings. The summed E-state index contributed by atoms with van der Waals surface area (Å²) < 4.78 is 5.34. The van der Waals surface area contributed by atoms with E-state index in [1.165, 1.54) is 0 Å². The summed E-state index contributed by atoms with van der Waals surface area (Å²) in [6.07, 6.45) is 1.62. The SMILES string of the molecule is CC(C)=C(/N=C(\C=C(/C)Nc1cc(C)[nH]n1)N1CCN(C)CC1)Sc1ccc(NC(=O)OC(C)(C)C)cc1. The smallest absolute Gasteiger partial charge is 0.412 e. The van der Waals surface area contributed by atoms with Gasteiger partial charge in [-0.05, 0) is 91.4 Å². The fraction of sp³-hybridized carbons (Fsp3) is 0.464. The van der Waals surface area contributed by atoms with Crippen LogP contribution in [0.25, 0.3) is 0 Å². The summed E-state index contributed by atoms with van der Waals surface area (Å²) in [5, 5.41) is 14.3. The number of aromatic amines is 1. The van der Waals surface area contributed by atoms with E-state index < -0.39 is 11.7 Å². The summed E-state index contributed by atoms with van der Waals surface area (Å²) in [6, 6.07) is 9.68. The van der Waals surface area contributed by atoms with Crippen molar-refractivity contribution in [1.82, 2.24) is 20.0 Å². The number of piperazine rings is 1. The summed E-state index contributed by atoms with van der Waals surface area (Å²) in [5.74, 6) is 1.70. The Morgan fingerprint density at radius 1 is 1.11 bits per heavy atom. The number of anilines is 2. The van der Waals surface area contributed by atoms with Gasteiger partial charge in [-0.2, -0.15) is 5.10 Å². The molecule has 3 rings (SSSR count). The van der Waals surface area contributed by atoms with E-state index in [9.17, 15) is 4.79 Å². The molecule has 0 radical (unpaired) electrons. The Labute approximate surface area is 230 Å². The molecule has 0 spiro atoms. The van der Waals surface area contributed by atoms with E-state index in [0.29, 0.717) is 5.69 Å². The molecule has 0 bridgehead atoms. The minimum Gasteiger partial charge on any atom is -0.444 e. The first-order chi connectivity index (χ1) is 17.9. The Bertz CT molecular complexity index is 1180. The molecule has 3 N–H and O–H groups in total. The summed E-state index contributed by atoms with van der Waals surface area (Å²) in [5.41, 5.74) is 3.23. The molecule has 206 valence electrons. The van der Waals surface area contributed by atoms with Crippen LogP contribution in [-0.2, 0) is 4.74 Å². The van der Waals surface area contributed by atoms with Crippen molar-refractivity contribution in [3.05, 3.63) is 58.4 Å². The van der Waals surface area contributed by atoms with Gasteiger partial charge in [0.15, 0.2) is 5.82 Å². The highest BCUT2D eigenvalue weighted by atomic mass is 32.2. The van der Waals surface area contributed by atoms with Gasteiger partial charge in [-0.1, -0.05) is 11.8 Å². The molecule has 10 heteroatoms. The van der Waals surface area contributed by atoms with Gasteiger partial charge in [-0.15, -0.1) is 0 Å². The highest BCUT2D eigenvalue weighted by molar-refractivity contribution is 8.03. The molecule has 1 aromatic heterocycles. The molecule has 9 nitrogen and oxygen atoms in total.